The molecule has 0 unspecified atom stereocenters. The van der Waals surface area contributed by atoms with Crippen molar-refractivity contribution >= 4 is 0 Å². The van der Waals surface area contributed by atoms with Gasteiger partial charge < -0.3 is 19.5 Å². The van der Waals surface area contributed by atoms with Crippen LogP contribution in [0.2, 0.25) is 0 Å². The van der Waals surface area contributed by atoms with Crippen molar-refractivity contribution in [3.05, 3.63) is 24.3 Å². The number of rotatable bonds is 8. The van der Waals surface area contributed by atoms with Gasteiger partial charge in [0.25, 0.3) is 0 Å². The standard InChI is InChI=1S/C15H24N2O3/c1-18-14-2-4-15(5-3-14)20-11-7-16-6-8-17-9-12-19-13-10-17/h2-5,16H,6-13H2,1H3. The molecule has 112 valence electrons. The first-order valence-corrected chi connectivity index (χ1v) is 7.16. The van der Waals surface area contributed by atoms with Crippen LogP contribution in [0.25, 0.3) is 0 Å². The summed E-state index contributed by atoms with van der Waals surface area (Å²) in [6.45, 7) is 7.42. The van der Waals surface area contributed by atoms with Crippen LogP contribution in [0.5, 0.6) is 11.5 Å². The van der Waals surface area contributed by atoms with Crippen LogP contribution >= 0.6 is 0 Å². The first-order valence-electron chi connectivity index (χ1n) is 7.16. The van der Waals surface area contributed by atoms with E-state index in [4.69, 9.17) is 14.2 Å². The van der Waals surface area contributed by atoms with Crippen molar-refractivity contribution in [2.45, 2.75) is 0 Å². The molecule has 1 aromatic carbocycles. The molecule has 1 N–H and O–H groups in total. The fraction of sp³-hybridized carbons (Fsp3) is 0.600. The lowest BCUT2D eigenvalue weighted by Crippen LogP contribution is -2.40. The number of benzene rings is 1. The zero-order chi connectivity index (χ0) is 14.0. The molecule has 0 atom stereocenters. The van der Waals surface area contributed by atoms with E-state index in [2.05, 4.69) is 10.2 Å². The predicted octanol–water partition coefficient (Wildman–Crippen LogP) is 0.996. The lowest BCUT2D eigenvalue weighted by atomic mass is 10.3. The highest BCUT2D eigenvalue weighted by molar-refractivity contribution is 5.31. The largest absolute Gasteiger partial charge is 0.497 e. The summed E-state index contributed by atoms with van der Waals surface area (Å²) >= 11 is 0. The zero-order valence-corrected chi connectivity index (χ0v) is 12.1. The molecule has 5 nitrogen and oxygen atoms in total. The van der Waals surface area contributed by atoms with Crippen molar-refractivity contribution in [1.82, 2.24) is 10.2 Å². The summed E-state index contributed by atoms with van der Waals surface area (Å²) in [7, 11) is 1.66. The van der Waals surface area contributed by atoms with E-state index in [1.54, 1.807) is 7.11 Å². The molecule has 0 bridgehead atoms. The first-order chi connectivity index (χ1) is 9.88. The van der Waals surface area contributed by atoms with Crippen LogP contribution in [0.1, 0.15) is 0 Å². The minimum atomic E-state index is 0.676. The molecular formula is C15H24N2O3. The average Bonchev–Trinajstić information content (AvgIpc) is 2.52. The van der Waals surface area contributed by atoms with Crippen LogP contribution in [0.4, 0.5) is 0 Å². The van der Waals surface area contributed by atoms with Crippen molar-refractivity contribution in [1.29, 1.82) is 0 Å². The second kappa shape index (κ2) is 8.79. The van der Waals surface area contributed by atoms with Crippen LogP contribution in [0.15, 0.2) is 24.3 Å². The molecule has 1 heterocycles. The summed E-state index contributed by atoms with van der Waals surface area (Å²) in [5.41, 5.74) is 0. The fourth-order valence-corrected chi connectivity index (χ4v) is 2.10. The monoisotopic (exact) mass is 280 g/mol. The Bertz CT molecular complexity index is 364. The third-order valence-electron chi connectivity index (χ3n) is 3.32. The molecule has 0 aliphatic carbocycles. The molecule has 20 heavy (non-hydrogen) atoms. The van der Waals surface area contributed by atoms with E-state index >= 15 is 0 Å². The normalized spacial score (nSPS) is 16.1. The molecule has 0 saturated carbocycles. The second-order valence-electron chi connectivity index (χ2n) is 4.73. The Morgan fingerprint density at radius 1 is 1.10 bits per heavy atom. The Kier molecular flexibility index (Phi) is 6.63. The van der Waals surface area contributed by atoms with E-state index in [0.29, 0.717) is 6.61 Å². The summed E-state index contributed by atoms with van der Waals surface area (Å²) in [5.74, 6) is 1.72. The van der Waals surface area contributed by atoms with Gasteiger partial charge in [0.05, 0.1) is 20.3 Å². The lowest BCUT2D eigenvalue weighted by molar-refractivity contribution is 0.0383. The maximum atomic E-state index is 5.65. The maximum absolute atomic E-state index is 5.65. The minimum absolute atomic E-state index is 0.676. The Balaban J connectivity index is 1.50. The average molecular weight is 280 g/mol. The molecule has 1 aromatic rings. The van der Waals surface area contributed by atoms with Gasteiger partial charge in [0.2, 0.25) is 0 Å². The Morgan fingerprint density at radius 3 is 2.50 bits per heavy atom. The van der Waals surface area contributed by atoms with Crippen molar-refractivity contribution in [3.8, 4) is 11.5 Å². The highest BCUT2D eigenvalue weighted by Crippen LogP contribution is 2.16. The van der Waals surface area contributed by atoms with E-state index in [1.165, 1.54) is 0 Å². The van der Waals surface area contributed by atoms with E-state index in [-0.39, 0.29) is 0 Å². The molecule has 0 aromatic heterocycles. The van der Waals surface area contributed by atoms with Gasteiger partial charge in [0.15, 0.2) is 0 Å². The SMILES string of the molecule is COc1ccc(OCCNCCN2CCOCC2)cc1. The van der Waals surface area contributed by atoms with Gasteiger partial charge >= 0.3 is 0 Å². The summed E-state index contributed by atoms with van der Waals surface area (Å²) in [5, 5.41) is 3.39. The third kappa shape index (κ3) is 5.36. The van der Waals surface area contributed by atoms with Crippen LogP contribution in [0.3, 0.4) is 0 Å². The number of nitrogens with one attached hydrogen (secondary N) is 1. The molecule has 2 rings (SSSR count). The van der Waals surface area contributed by atoms with Crippen molar-refractivity contribution in [2.24, 2.45) is 0 Å². The molecule has 1 fully saturated rings. The van der Waals surface area contributed by atoms with Gasteiger partial charge in [-0.05, 0) is 24.3 Å². The van der Waals surface area contributed by atoms with Crippen LogP contribution in [0, 0.1) is 0 Å². The Hall–Kier alpha value is -1.30. The van der Waals surface area contributed by atoms with Crippen molar-refractivity contribution in [3.63, 3.8) is 0 Å². The minimum Gasteiger partial charge on any atom is -0.497 e. The van der Waals surface area contributed by atoms with Gasteiger partial charge in [0, 0.05) is 32.7 Å². The molecule has 0 radical (unpaired) electrons. The van der Waals surface area contributed by atoms with Gasteiger partial charge in [-0.1, -0.05) is 0 Å². The summed E-state index contributed by atoms with van der Waals surface area (Å²) in [4.78, 5) is 2.42. The Labute approximate surface area is 120 Å². The van der Waals surface area contributed by atoms with Gasteiger partial charge in [-0.2, -0.15) is 0 Å². The lowest BCUT2D eigenvalue weighted by Gasteiger charge is -2.26. The number of nitrogens with zero attached hydrogens (tertiary/aromatic N) is 1. The molecule has 1 saturated heterocycles. The zero-order valence-electron chi connectivity index (χ0n) is 12.1. The number of methoxy groups -OCH3 is 1. The fourth-order valence-electron chi connectivity index (χ4n) is 2.10. The summed E-state index contributed by atoms with van der Waals surface area (Å²) in [6, 6.07) is 7.65. The number of hydrogen-bond acceptors (Lipinski definition) is 5. The van der Waals surface area contributed by atoms with Crippen LogP contribution < -0.4 is 14.8 Å². The molecule has 0 amide bonds. The van der Waals surface area contributed by atoms with Gasteiger partial charge in [0.1, 0.15) is 18.1 Å². The van der Waals surface area contributed by atoms with Crippen LogP contribution in [-0.2, 0) is 4.74 Å². The van der Waals surface area contributed by atoms with E-state index < -0.39 is 0 Å². The number of ether oxygens (including phenoxy) is 3. The van der Waals surface area contributed by atoms with E-state index in [9.17, 15) is 0 Å². The van der Waals surface area contributed by atoms with Gasteiger partial charge in [-0.15, -0.1) is 0 Å². The summed E-state index contributed by atoms with van der Waals surface area (Å²) < 4.78 is 16.1. The van der Waals surface area contributed by atoms with Crippen LogP contribution in [-0.4, -0.2) is 64.6 Å². The van der Waals surface area contributed by atoms with Gasteiger partial charge in [-0.3, -0.25) is 4.90 Å². The number of morpholine rings is 1. The predicted molar refractivity (Wildman–Crippen MR) is 78.6 cm³/mol. The smallest absolute Gasteiger partial charge is 0.119 e. The maximum Gasteiger partial charge on any atom is 0.119 e. The van der Waals surface area contributed by atoms with Crippen molar-refractivity contribution in [2.75, 3.05) is 59.7 Å². The quantitative estimate of drug-likeness (QED) is 0.720. The van der Waals surface area contributed by atoms with Gasteiger partial charge in [-0.25, -0.2) is 0 Å². The molecule has 5 heteroatoms. The van der Waals surface area contributed by atoms with Crippen molar-refractivity contribution < 1.29 is 14.2 Å². The third-order valence-corrected chi connectivity index (χ3v) is 3.32. The highest BCUT2D eigenvalue weighted by atomic mass is 16.5. The molecular weight excluding hydrogens is 256 g/mol. The van der Waals surface area contributed by atoms with E-state index in [0.717, 1.165) is 57.4 Å². The number of hydrogen-bond donors (Lipinski definition) is 1. The van der Waals surface area contributed by atoms with E-state index in [1.807, 2.05) is 24.3 Å². The highest BCUT2D eigenvalue weighted by Gasteiger charge is 2.08. The first kappa shape index (κ1) is 15.1. The molecule has 1 aliphatic heterocycles. The molecule has 0 spiro atoms. The Morgan fingerprint density at radius 2 is 1.80 bits per heavy atom. The topological polar surface area (TPSA) is 43.0 Å². The summed E-state index contributed by atoms with van der Waals surface area (Å²) in [6.07, 6.45) is 0. The molecule has 1 aliphatic rings. The second-order valence-corrected chi connectivity index (χ2v) is 4.73.